The second kappa shape index (κ2) is 5.17. The number of nitrogens with zero attached hydrogens (tertiary/aromatic N) is 2. The molecule has 5 heteroatoms. The predicted octanol–water partition coefficient (Wildman–Crippen LogP) is 1.51. The Morgan fingerprint density at radius 3 is 3.00 bits per heavy atom. The minimum atomic E-state index is 0.564. The number of halogens is 1. The molecular weight excluding hydrogens is 226 g/mol. The van der Waals surface area contributed by atoms with Gasteiger partial charge in [-0.15, -0.1) is 0 Å². The fourth-order valence-corrected chi connectivity index (χ4v) is 2.25. The van der Waals surface area contributed by atoms with Crippen LogP contribution >= 0.6 is 11.6 Å². The first-order valence-corrected chi connectivity index (χ1v) is 6.02. The first-order chi connectivity index (χ1) is 7.68. The Balaban J connectivity index is 1.84. The lowest BCUT2D eigenvalue weighted by Gasteiger charge is -2.09. The van der Waals surface area contributed by atoms with Crippen molar-refractivity contribution in [3.63, 3.8) is 0 Å². The molecular formula is C11H18ClN3O. The van der Waals surface area contributed by atoms with Crippen LogP contribution in [-0.4, -0.2) is 29.5 Å². The lowest BCUT2D eigenvalue weighted by atomic mass is 10.1. The zero-order chi connectivity index (χ0) is 11.5. The standard InChI is InChI=1S/C11H18ClN3O/c1-8-10(11(12)15(2)14-8)7-16-6-9-3-4-13-5-9/h9,13H,3-7H2,1-2H3. The van der Waals surface area contributed by atoms with Gasteiger partial charge >= 0.3 is 0 Å². The van der Waals surface area contributed by atoms with Gasteiger partial charge in [0.25, 0.3) is 0 Å². The van der Waals surface area contributed by atoms with Crippen molar-refractivity contribution in [2.75, 3.05) is 19.7 Å². The van der Waals surface area contributed by atoms with Gasteiger partial charge in [0.1, 0.15) is 5.15 Å². The largest absolute Gasteiger partial charge is 0.376 e. The molecule has 2 heterocycles. The molecule has 16 heavy (non-hydrogen) atoms. The second-order valence-electron chi connectivity index (χ2n) is 4.35. The number of ether oxygens (including phenoxy) is 1. The second-order valence-corrected chi connectivity index (χ2v) is 4.71. The Hall–Kier alpha value is -0.580. The number of aromatic nitrogens is 2. The highest BCUT2D eigenvalue weighted by atomic mass is 35.5. The lowest BCUT2D eigenvalue weighted by Crippen LogP contribution is -2.13. The molecule has 90 valence electrons. The summed E-state index contributed by atoms with van der Waals surface area (Å²) < 4.78 is 7.39. The van der Waals surface area contributed by atoms with Crippen molar-refractivity contribution >= 4 is 11.6 Å². The van der Waals surface area contributed by atoms with E-state index in [1.165, 1.54) is 6.42 Å². The molecule has 1 aliphatic heterocycles. The molecule has 0 radical (unpaired) electrons. The van der Waals surface area contributed by atoms with Crippen molar-refractivity contribution in [1.29, 1.82) is 0 Å². The molecule has 1 saturated heterocycles. The summed E-state index contributed by atoms with van der Waals surface area (Å²) in [7, 11) is 1.85. The van der Waals surface area contributed by atoms with Crippen LogP contribution in [0.25, 0.3) is 0 Å². The van der Waals surface area contributed by atoms with Crippen molar-refractivity contribution in [3.8, 4) is 0 Å². The van der Waals surface area contributed by atoms with Crippen LogP contribution < -0.4 is 5.32 Å². The lowest BCUT2D eigenvalue weighted by molar-refractivity contribution is 0.0922. The van der Waals surface area contributed by atoms with E-state index in [1.807, 2.05) is 14.0 Å². The molecule has 1 N–H and O–H groups in total. The van der Waals surface area contributed by atoms with E-state index in [-0.39, 0.29) is 0 Å². The number of nitrogens with one attached hydrogen (secondary N) is 1. The molecule has 0 amide bonds. The maximum atomic E-state index is 6.12. The molecule has 0 aliphatic carbocycles. The topological polar surface area (TPSA) is 39.1 Å². The van der Waals surface area contributed by atoms with Crippen molar-refractivity contribution in [2.24, 2.45) is 13.0 Å². The van der Waals surface area contributed by atoms with E-state index < -0.39 is 0 Å². The average molecular weight is 244 g/mol. The smallest absolute Gasteiger partial charge is 0.132 e. The summed E-state index contributed by atoms with van der Waals surface area (Å²) in [6.45, 7) is 5.51. The van der Waals surface area contributed by atoms with Crippen LogP contribution in [0.15, 0.2) is 0 Å². The van der Waals surface area contributed by atoms with Crippen LogP contribution in [0.4, 0.5) is 0 Å². The highest BCUT2D eigenvalue weighted by molar-refractivity contribution is 6.30. The van der Waals surface area contributed by atoms with Crippen molar-refractivity contribution in [3.05, 3.63) is 16.4 Å². The Bertz CT molecular complexity index is 358. The van der Waals surface area contributed by atoms with E-state index in [9.17, 15) is 0 Å². The molecule has 1 unspecified atom stereocenters. The Morgan fingerprint density at radius 1 is 1.62 bits per heavy atom. The minimum absolute atomic E-state index is 0.564. The maximum absolute atomic E-state index is 6.12. The number of hydrogen-bond donors (Lipinski definition) is 1. The normalized spacial score (nSPS) is 20.6. The summed E-state index contributed by atoms with van der Waals surface area (Å²) >= 11 is 6.12. The summed E-state index contributed by atoms with van der Waals surface area (Å²) in [6, 6.07) is 0. The van der Waals surface area contributed by atoms with Gasteiger partial charge in [-0.2, -0.15) is 5.10 Å². The van der Waals surface area contributed by atoms with Crippen LogP contribution in [0.3, 0.4) is 0 Å². The van der Waals surface area contributed by atoms with Crippen LogP contribution in [0.5, 0.6) is 0 Å². The van der Waals surface area contributed by atoms with Gasteiger partial charge in [0.2, 0.25) is 0 Å². The van der Waals surface area contributed by atoms with Crippen molar-refractivity contribution < 1.29 is 4.74 Å². The Labute approximate surface area is 101 Å². The Morgan fingerprint density at radius 2 is 2.44 bits per heavy atom. The molecule has 0 bridgehead atoms. The third-order valence-electron chi connectivity index (χ3n) is 3.03. The molecule has 1 fully saturated rings. The molecule has 1 aromatic rings. The number of aryl methyl sites for hydroxylation is 2. The quantitative estimate of drug-likeness (QED) is 0.871. The van der Waals surface area contributed by atoms with E-state index in [2.05, 4.69) is 10.4 Å². The molecule has 0 saturated carbocycles. The van der Waals surface area contributed by atoms with Gasteiger partial charge in [0.05, 0.1) is 18.9 Å². The van der Waals surface area contributed by atoms with Gasteiger partial charge in [0, 0.05) is 19.2 Å². The zero-order valence-corrected chi connectivity index (χ0v) is 10.5. The molecule has 0 spiro atoms. The Kier molecular flexibility index (Phi) is 3.84. The fourth-order valence-electron chi connectivity index (χ4n) is 2.02. The molecule has 4 nitrogen and oxygen atoms in total. The van der Waals surface area contributed by atoms with E-state index in [0.717, 1.165) is 31.0 Å². The first kappa shape index (κ1) is 11.9. The monoisotopic (exact) mass is 243 g/mol. The average Bonchev–Trinajstić information content (AvgIpc) is 2.82. The molecule has 2 rings (SSSR count). The number of hydrogen-bond acceptors (Lipinski definition) is 3. The van der Waals surface area contributed by atoms with Gasteiger partial charge in [-0.25, -0.2) is 0 Å². The summed E-state index contributed by atoms with van der Waals surface area (Å²) in [4.78, 5) is 0. The van der Waals surface area contributed by atoms with Crippen LogP contribution in [0.2, 0.25) is 5.15 Å². The van der Waals surface area contributed by atoms with Gasteiger partial charge < -0.3 is 10.1 Å². The van der Waals surface area contributed by atoms with Gasteiger partial charge in [-0.05, 0) is 25.8 Å². The van der Waals surface area contributed by atoms with Crippen LogP contribution in [0, 0.1) is 12.8 Å². The first-order valence-electron chi connectivity index (χ1n) is 5.65. The SMILES string of the molecule is Cc1nn(C)c(Cl)c1COCC1CCNC1. The maximum Gasteiger partial charge on any atom is 0.132 e. The fraction of sp³-hybridized carbons (Fsp3) is 0.727. The highest BCUT2D eigenvalue weighted by Gasteiger charge is 2.16. The summed E-state index contributed by atoms with van der Waals surface area (Å²) in [5.41, 5.74) is 1.96. The summed E-state index contributed by atoms with van der Waals surface area (Å²) in [6.07, 6.45) is 1.21. The minimum Gasteiger partial charge on any atom is -0.376 e. The molecule has 1 atom stereocenters. The van der Waals surface area contributed by atoms with Gasteiger partial charge in [-0.3, -0.25) is 4.68 Å². The van der Waals surface area contributed by atoms with E-state index >= 15 is 0 Å². The molecule has 0 aromatic carbocycles. The number of rotatable bonds is 4. The van der Waals surface area contributed by atoms with Crippen LogP contribution in [-0.2, 0) is 18.4 Å². The van der Waals surface area contributed by atoms with Crippen molar-refractivity contribution in [2.45, 2.75) is 20.0 Å². The third kappa shape index (κ3) is 2.56. The molecule has 1 aromatic heterocycles. The zero-order valence-electron chi connectivity index (χ0n) is 9.79. The third-order valence-corrected chi connectivity index (χ3v) is 3.50. The van der Waals surface area contributed by atoms with E-state index in [0.29, 0.717) is 17.7 Å². The molecule has 1 aliphatic rings. The predicted molar refractivity (Wildman–Crippen MR) is 63.6 cm³/mol. The highest BCUT2D eigenvalue weighted by Crippen LogP contribution is 2.20. The van der Waals surface area contributed by atoms with E-state index in [1.54, 1.807) is 4.68 Å². The summed E-state index contributed by atoms with van der Waals surface area (Å²) in [5.74, 6) is 0.649. The summed E-state index contributed by atoms with van der Waals surface area (Å²) in [5, 5.41) is 8.26. The van der Waals surface area contributed by atoms with Crippen molar-refractivity contribution in [1.82, 2.24) is 15.1 Å². The van der Waals surface area contributed by atoms with Gasteiger partial charge in [-0.1, -0.05) is 11.6 Å². The van der Waals surface area contributed by atoms with Crippen LogP contribution in [0.1, 0.15) is 17.7 Å². The van der Waals surface area contributed by atoms with E-state index in [4.69, 9.17) is 16.3 Å². The van der Waals surface area contributed by atoms with Gasteiger partial charge in [0.15, 0.2) is 0 Å².